The maximum absolute atomic E-state index is 9.57. The van der Waals surface area contributed by atoms with Gasteiger partial charge in [0, 0.05) is 12.6 Å². The van der Waals surface area contributed by atoms with E-state index in [0.717, 1.165) is 43.5 Å². The first-order valence-electron chi connectivity index (χ1n) is 8.85. The van der Waals surface area contributed by atoms with E-state index in [1.807, 2.05) is 30.3 Å². The Morgan fingerprint density at radius 3 is 2.54 bits per heavy atom. The summed E-state index contributed by atoms with van der Waals surface area (Å²) in [7, 11) is 0. The molecule has 0 unspecified atom stereocenters. The Bertz CT molecular complexity index is 737. The number of nitrogens with zero attached hydrogens (tertiary/aromatic N) is 1. The Morgan fingerprint density at radius 2 is 1.77 bits per heavy atom. The molecule has 0 amide bonds. The summed E-state index contributed by atoms with van der Waals surface area (Å²) in [5.74, 6) is 0.834. The second-order valence-electron chi connectivity index (χ2n) is 6.63. The fourth-order valence-corrected chi connectivity index (χ4v) is 3.18. The van der Waals surface area contributed by atoms with E-state index < -0.39 is 0 Å². The Morgan fingerprint density at radius 1 is 1.04 bits per heavy atom. The Kier molecular flexibility index (Phi) is 7.93. The maximum Gasteiger partial charge on any atom is 0.120 e. The summed E-state index contributed by atoms with van der Waals surface area (Å²) in [5.41, 5.74) is 2.83. The third kappa shape index (κ3) is 6.03. The summed E-state index contributed by atoms with van der Waals surface area (Å²) in [4.78, 5) is 0. The number of benzene rings is 2. The molecule has 0 bridgehead atoms. The van der Waals surface area contributed by atoms with Crippen molar-refractivity contribution >= 4 is 12.4 Å². The van der Waals surface area contributed by atoms with Crippen LogP contribution in [0.5, 0.6) is 5.75 Å². The third-order valence-corrected chi connectivity index (χ3v) is 4.65. The van der Waals surface area contributed by atoms with Crippen LogP contribution in [0.2, 0.25) is 0 Å². The van der Waals surface area contributed by atoms with Crippen LogP contribution in [-0.2, 0) is 13.2 Å². The van der Waals surface area contributed by atoms with Gasteiger partial charge in [-0.2, -0.15) is 5.26 Å². The summed E-state index contributed by atoms with van der Waals surface area (Å²) >= 11 is 0. The zero-order valence-corrected chi connectivity index (χ0v) is 15.5. The molecule has 0 atom stereocenters. The molecule has 4 nitrogen and oxygen atoms in total. The lowest BCUT2D eigenvalue weighted by molar-refractivity contribution is 0.116. The second kappa shape index (κ2) is 10.2. The Balaban J connectivity index is 0.00000243. The molecule has 1 aliphatic carbocycles. The average molecular weight is 373 g/mol. The van der Waals surface area contributed by atoms with Crippen molar-refractivity contribution in [2.45, 2.75) is 51.0 Å². The lowest BCUT2D eigenvalue weighted by atomic mass is 9.93. The van der Waals surface area contributed by atoms with Gasteiger partial charge in [0.15, 0.2) is 0 Å². The maximum atomic E-state index is 9.57. The predicted molar refractivity (Wildman–Crippen MR) is 104 cm³/mol. The van der Waals surface area contributed by atoms with Crippen LogP contribution in [-0.4, -0.2) is 17.3 Å². The van der Waals surface area contributed by atoms with Crippen LogP contribution >= 0.6 is 12.4 Å². The van der Waals surface area contributed by atoms with E-state index in [9.17, 15) is 5.11 Å². The molecule has 0 saturated heterocycles. The highest BCUT2D eigenvalue weighted by atomic mass is 35.5. The minimum atomic E-state index is -0.116. The zero-order valence-electron chi connectivity index (χ0n) is 14.7. The normalized spacial score (nSPS) is 19.2. The zero-order chi connectivity index (χ0) is 17.5. The lowest BCUT2D eigenvalue weighted by Crippen LogP contribution is -2.34. The van der Waals surface area contributed by atoms with E-state index in [0.29, 0.717) is 18.2 Å². The van der Waals surface area contributed by atoms with Crippen molar-refractivity contribution in [2.75, 3.05) is 0 Å². The van der Waals surface area contributed by atoms with E-state index >= 15 is 0 Å². The van der Waals surface area contributed by atoms with Crippen molar-refractivity contribution < 1.29 is 9.84 Å². The van der Waals surface area contributed by atoms with Crippen molar-refractivity contribution in [1.82, 2.24) is 5.32 Å². The molecular weight excluding hydrogens is 348 g/mol. The molecule has 2 aromatic rings. The Labute approximate surface area is 161 Å². The van der Waals surface area contributed by atoms with E-state index in [2.05, 4.69) is 23.5 Å². The standard InChI is InChI=1S/C21H24N2O2.ClH/c22-13-16-3-1-5-18(11-16)15-25-21-6-2-4-17(12-21)14-23-19-7-9-20(24)10-8-19;/h1-6,11-12,19-20,23-24H,7-10,14-15H2;1H. The first-order valence-corrected chi connectivity index (χ1v) is 8.85. The van der Waals surface area contributed by atoms with E-state index in [1.54, 1.807) is 6.07 Å². The molecule has 0 heterocycles. The molecule has 138 valence electrons. The largest absolute Gasteiger partial charge is 0.489 e. The van der Waals surface area contributed by atoms with Gasteiger partial charge < -0.3 is 15.2 Å². The molecule has 1 aliphatic rings. The first-order chi connectivity index (χ1) is 12.2. The Hall–Kier alpha value is -2.06. The van der Waals surface area contributed by atoms with Gasteiger partial charge in [-0.1, -0.05) is 24.3 Å². The fraction of sp³-hybridized carbons (Fsp3) is 0.381. The van der Waals surface area contributed by atoms with Gasteiger partial charge in [-0.3, -0.25) is 0 Å². The van der Waals surface area contributed by atoms with Crippen LogP contribution in [0.1, 0.15) is 42.4 Å². The molecule has 0 aliphatic heterocycles. The molecule has 0 radical (unpaired) electrons. The number of aliphatic hydroxyl groups is 1. The number of aliphatic hydroxyl groups excluding tert-OH is 1. The third-order valence-electron chi connectivity index (χ3n) is 4.65. The van der Waals surface area contributed by atoms with Gasteiger partial charge in [-0.15, -0.1) is 12.4 Å². The molecule has 3 rings (SSSR count). The van der Waals surface area contributed by atoms with Crippen molar-refractivity contribution in [2.24, 2.45) is 0 Å². The van der Waals surface area contributed by atoms with Crippen LogP contribution in [0.3, 0.4) is 0 Å². The number of ether oxygens (including phenoxy) is 1. The molecule has 0 spiro atoms. The van der Waals surface area contributed by atoms with Crippen LogP contribution in [0.25, 0.3) is 0 Å². The highest BCUT2D eigenvalue weighted by Gasteiger charge is 2.18. The predicted octanol–water partition coefficient (Wildman–Crippen LogP) is 3.95. The molecular formula is C21H25ClN2O2. The van der Waals surface area contributed by atoms with Gasteiger partial charge in [-0.05, 0) is 61.1 Å². The van der Waals surface area contributed by atoms with E-state index in [1.165, 1.54) is 5.56 Å². The van der Waals surface area contributed by atoms with Crippen LogP contribution < -0.4 is 10.1 Å². The van der Waals surface area contributed by atoms with Crippen LogP contribution in [0.4, 0.5) is 0 Å². The quantitative estimate of drug-likeness (QED) is 0.805. The highest BCUT2D eigenvalue weighted by Crippen LogP contribution is 2.20. The van der Waals surface area contributed by atoms with Gasteiger partial charge >= 0.3 is 0 Å². The van der Waals surface area contributed by atoms with Crippen molar-refractivity contribution in [1.29, 1.82) is 5.26 Å². The number of nitrogens with one attached hydrogen (secondary N) is 1. The first kappa shape index (κ1) is 20.3. The van der Waals surface area contributed by atoms with Crippen LogP contribution in [0, 0.1) is 11.3 Å². The van der Waals surface area contributed by atoms with E-state index in [4.69, 9.17) is 10.00 Å². The van der Waals surface area contributed by atoms with Gasteiger partial charge in [0.1, 0.15) is 12.4 Å². The number of nitriles is 1. The summed E-state index contributed by atoms with van der Waals surface area (Å²) < 4.78 is 5.87. The monoisotopic (exact) mass is 372 g/mol. The summed E-state index contributed by atoms with van der Waals surface area (Å²) in [5, 5.41) is 22.1. The summed E-state index contributed by atoms with van der Waals surface area (Å²) in [6.45, 7) is 1.26. The van der Waals surface area contributed by atoms with Crippen molar-refractivity contribution in [3.63, 3.8) is 0 Å². The smallest absolute Gasteiger partial charge is 0.120 e. The SMILES string of the molecule is Cl.N#Cc1cccc(COc2cccc(CNC3CCC(O)CC3)c2)c1. The molecule has 5 heteroatoms. The molecule has 2 N–H and O–H groups in total. The summed E-state index contributed by atoms with van der Waals surface area (Å²) in [6.07, 6.45) is 3.74. The number of rotatable bonds is 6. The van der Waals surface area contributed by atoms with E-state index in [-0.39, 0.29) is 18.5 Å². The van der Waals surface area contributed by atoms with Gasteiger partial charge in [-0.25, -0.2) is 0 Å². The molecule has 26 heavy (non-hydrogen) atoms. The van der Waals surface area contributed by atoms with Crippen molar-refractivity contribution in [3.8, 4) is 11.8 Å². The summed E-state index contributed by atoms with van der Waals surface area (Å²) in [6, 6.07) is 18.2. The highest BCUT2D eigenvalue weighted by molar-refractivity contribution is 5.85. The number of hydrogen-bond acceptors (Lipinski definition) is 4. The fourth-order valence-electron chi connectivity index (χ4n) is 3.18. The van der Waals surface area contributed by atoms with Gasteiger partial charge in [0.25, 0.3) is 0 Å². The van der Waals surface area contributed by atoms with Gasteiger partial charge in [0.05, 0.1) is 17.7 Å². The minimum Gasteiger partial charge on any atom is -0.489 e. The molecule has 2 aromatic carbocycles. The molecule has 0 aromatic heterocycles. The average Bonchev–Trinajstić information content (AvgIpc) is 2.66. The van der Waals surface area contributed by atoms with Crippen LogP contribution in [0.15, 0.2) is 48.5 Å². The topological polar surface area (TPSA) is 65.3 Å². The lowest BCUT2D eigenvalue weighted by Gasteiger charge is -2.26. The second-order valence-corrected chi connectivity index (χ2v) is 6.63. The number of halogens is 1. The minimum absolute atomic E-state index is 0. The van der Waals surface area contributed by atoms with Crippen molar-refractivity contribution in [3.05, 3.63) is 65.2 Å². The molecule has 1 saturated carbocycles. The molecule has 1 fully saturated rings. The number of hydrogen-bond donors (Lipinski definition) is 2. The van der Waals surface area contributed by atoms with Gasteiger partial charge in [0.2, 0.25) is 0 Å².